The zero-order valence-electron chi connectivity index (χ0n) is 14.0. The Morgan fingerprint density at radius 2 is 1.91 bits per heavy atom. The molecule has 23 heavy (non-hydrogen) atoms. The van der Waals surface area contributed by atoms with E-state index in [-0.39, 0.29) is 23.6 Å². The number of nitrogens with two attached hydrogens (primary N) is 1. The molecule has 2 fully saturated rings. The van der Waals surface area contributed by atoms with Crippen LogP contribution < -0.4 is 11.1 Å². The lowest BCUT2D eigenvalue weighted by Crippen LogP contribution is -2.48. The molecule has 0 unspecified atom stereocenters. The Labute approximate surface area is 137 Å². The predicted octanol–water partition coefficient (Wildman–Crippen LogP) is -0.631. The molecular weight excluding hydrogens is 318 g/mol. The van der Waals surface area contributed by atoms with Crippen LogP contribution in [0.15, 0.2) is 0 Å². The Bertz CT molecular complexity index is 584. The summed E-state index contributed by atoms with van der Waals surface area (Å²) < 4.78 is 22.7. The number of likely N-dealkylation sites (tertiary alicyclic amines) is 1. The Morgan fingerprint density at radius 3 is 2.35 bits per heavy atom. The minimum absolute atomic E-state index is 0.0705. The van der Waals surface area contributed by atoms with Gasteiger partial charge in [-0.25, -0.2) is 8.42 Å². The molecule has 1 saturated carbocycles. The monoisotopic (exact) mass is 345 g/mol. The molecular formula is C15H27N3O4S. The van der Waals surface area contributed by atoms with E-state index in [0.717, 1.165) is 6.54 Å². The van der Waals surface area contributed by atoms with Crippen molar-refractivity contribution in [2.45, 2.75) is 32.7 Å². The van der Waals surface area contributed by atoms with Crippen molar-refractivity contribution in [3.8, 4) is 0 Å². The van der Waals surface area contributed by atoms with Gasteiger partial charge in [0, 0.05) is 31.9 Å². The van der Waals surface area contributed by atoms with Gasteiger partial charge in [-0.15, -0.1) is 0 Å². The van der Waals surface area contributed by atoms with Crippen molar-refractivity contribution in [2.24, 2.45) is 23.0 Å². The number of carbonyl (C=O) groups excluding carboxylic acids is 2. The van der Waals surface area contributed by atoms with Gasteiger partial charge in [0.05, 0.1) is 5.75 Å². The molecule has 0 aromatic carbocycles. The molecule has 0 bridgehead atoms. The van der Waals surface area contributed by atoms with E-state index < -0.39 is 21.2 Å². The van der Waals surface area contributed by atoms with E-state index >= 15 is 0 Å². The van der Waals surface area contributed by atoms with Crippen LogP contribution in [0.25, 0.3) is 0 Å². The normalized spacial score (nSPS) is 27.1. The molecule has 1 heterocycles. The lowest BCUT2D eigenvalue weighted by Gasteiger charge is -2.24. The molecule has 2 atom stereocenters. The minimum Gasteiger partial charge on any atom is -0.369 e. The second-order valence-corrected chi connectivity index (χ2v) is 9.58. The first-order valence-electron chi connectivity index (χ1n) is 8.06. The van der Waals surface area contributed by atoms with Gasteiger partial charge >= 0.3 is 0 Å². The zero-order valence-corrected chi connectivity index (χ0v) is 14.9. The standard InChI is InChI=1S/C15H27N3O4S/c1-10(2)11-8-18(6-7-23(3,21)22)9-12(11)17-14(20)15(4-5-15)13(16)19/h10-12H,4-9H2,1-3H3,(H2,16,19)(H,17,20)/t11-,12+/m0/s1. The van der Waals surface area contributed by atoms with Gasteiger partial charge in [-0.2, -0.15) is 0 Å². The quantitative estimate of drug-likeness (QED) is 0.597. The SMILES string of the molecule is CC(C)[C@@H]1CN(CCS(C)(=O)=O)C[C@H]1NC(=O)C1(C(N)=O)CC1. The number of hydrogen-bond donors (Lipinski definition) is 2. The smallest absolute Gasteiger partial charge is 0.235 e. The lowest BCUT2D eigenvalue weighted by atomic mass is 9.90. The fraction of sp³-hybridized carbons (Fsp3) is 0.867. The van der Waals surface area contributed by atoms with Crippen LogP contribution in [0.1, 0.15) is 26.7 Å². The van der Waals surface area contributed by atoms with Crippen molar-refractivity contribution < 1.29 is 18.0 Å². The van der Waals surface area contributed by atoms with Gasteiger partial charge in [-0.3, -0.25) is 14.5 Å². The van der Waals surface area contributed by atoms with E-state index in [9.17, 15) is 18.0 Å². The van der Waals surface area contributed by atoms with Crippen molar-refractivity contribution in [1.29, 1.82) is 0 Å². The van der Waals surface area contributed by atoms with Crippen molar-refractivity contribution in [2.75, 3.05) is 31.6 Å². The summed E-state index contributed by atoms with van der Waals surface area (Å²) in [4.78, 5) is 25.9. The maximum atomic E-state index is 12.4. The molecule has 1 aliphatic heterocycles. The summed E-state index contributed by atoms with van der Waals surface area (Å²) in [7, 11) is -3.00. The van der Waals surface area contributed by atoms with Crippen LogP contribution in [0.5, 0.6) is 0 Å². The van der Waals surface area contributed by atoms with Gasteiger partial charge in [-0.1, -0.05) is 13.8 Å². The van der Waals surface area contributed by atoms with Crippen LogP contribution in [-0.2, 0) is 19.4 Å². The van der Waals surface area contributed by atoms with Crippen LogP contribution in [-0.4, -0.2) is 62.8 Å². The second-order valence-electron chi connectivity index (χ2n) is 7.32. The largest absolute Gasteiger partial charge is 0.369 e. The second kappa shape index (κ2) is 6.39. The first kappa shape index (κ1) is 18.2. The van der Waals surface area contributed by atoms with Crippen molar-refractivity contribution in [3.05, 3.63) is 0 Å². The summed E-state index contributed by atoms with van der Waals surface area (Å²) in [6, 6.07) is -0.0705. The topological polar surface area (TPSA) is 110 Å². The summed E-state index contributed by atoms with van der Waals surface area (Å²) in [5.41, 5.74) is 4.34. The Kier molecular flexibility index (Phi) is 5.06. The molecule has 8 heteroatoms. The molecule has 1 aliphatic carbocycles. The van der Waals surface area contributed by atoms with E-state index in [4.69, 9.17) is 5.73 Å². The van der Waals surface area contributed by atoms with Gasteiger partial charge in [0.2, 0.25) is 11.8 Å². The molecule has 2 amide bonds. The molecule has 0 radical (unpaired) electrons. The summed E-state index contributed by atoms with van der Waals surface area (Å²) in [6.07, 6.45) is 2.27. The third kappa shape index (κ3) is 4.23. The minimum atomic E-state index is -3.00. The molecule has 3 N–H and O–H groups in total. The van der Waals surface area contributed by atoms with Gasteiger partial charge in [-0.05, 0) is 24.7 Å². The van der Waals surface area contributed by atoms with E-state index in [1.807, 2.05) is 0 Å². The molecule has 0 aromatic rings. The van der Waals surface area contributed by atoms with E-state index in [1.54, 1.807) is 0 Å². The predicted molar refractivity (Wildman–Crippen MR) is 87.3 cm³/mol. The fourth-order valence-corrected chi connectivity index (χ4v) is 3.83. The molecule has 0 aromatic heterocycles. The Hall–Kier alpha value is -1.15. The number of nitrogens with one attached hydrogen (secondary N) is 1. The molecule has 7 nitrogen and oxygen atoms in total. The summed E-state index contributed by atoms with van der Waals surface area (Å²) >= 11 is 0. The highest BCUT2D eigenvalue weighted by Crippen LogP contribution is 2.45. The van der Waals surface area contributed by atoms with Gasteiger partial charge < -0.3 is 11.1 Å². The number of amides is 2. The number of carbonyl (C=O) groups is 2. The van der Waals surface area contributed by atoms with Crippen LogP contribution >= 0.6 is 0 Å². The first-order valence-corrected chi connectivity index (χ1v) is 10.1. The zero-order chi connectivity index (χ0) is 17.4. The van der Waals surface area contributed by atoms with Crippen molar-refractivity contribution in [1.82, 2.24) is 10.2 Å². The summed E-state index contributed by atoms with van der Waals surface area (Å²) in [5, 5.41) is 2.99. The molecule has 1 saturated heterocycles. The van der Waals surface area contributed by atoms with E-state index in [0.29, 0.717) is 31.8 Å². The third-order valence-electron chi connectivity index (χ3n) is 5.05. The highest BCUT2D eigenvalue weighted by Gasteiger charge is 2.56. The van der Waals surface area contributed by atoms with Crippen LogP contribution in [0.4, 0.5) is 0 Å². The number of nitrogens with zero attached hydrogens (tertiary/aromatic N) is 1. The Balaban J connectivity index is 1.99. The summed E-state index contributed by atoms with van der Waals surface area (Å²) in [6.45, 7) is 6.01. The van der Waals surface area contributed by atoms with Gasteiger partial charge in [0.15, 0.2) is 0 Å². The maximum Gasteiger partial charge on any atom is 0.235 e. The first-order chi connectivity index (χ1) is 10.5. The van der Waals surface area contributed by atoms with Crippen molar-refractivity contribution in [3.63, 3.8) is 0 Å². The number of rotatable bonds is 7. The molecule has 2 aliphatic rings. The summed E-state index contributed by atoms with van der Waals surface area (Å²) in [5.74, 6) is -0.118. The van der Waals surface area contributed by atoms with Gasteiger partial charge in [0.25, 0.3) is 0 Å². The highest BCUT2D eigenvalue weighted by atomic mass is 32.2. The van der Waals surface area contributed by atoms with Crippen molar-refractivity contribution >= 4 is 21.7 Å². The highest BCUT2D eigenvalue weighted by molar-refractivity contribution is 7.90. The Morgan fingerprint density at radius 1 is 1.30 bits per heavy atom. The van der Waals surface area contributed by atoms with Crippen LogP contribution in [0, 0.1) is 17.3 Å². The lowest BCUT2D eigenvalue weighted by molar-refractivity contribution is -0.136. The number of hydrogen-bond acceptors (Lipinski definition) is 5. The number of primary amides is 1. The number of sulfone groups is 1. The van der Waals surface area contributed by atoms with Crippen LogP contribution in [0.2, 0.25) is 0 Å². The molecule has 132 valence electrons. The average molecular weight is 345 g/mol. The molecule has 2 rings (SSSR count). The molecule has 0 spiro atoms. The maximum absolute atomic E-state index is 12.4. The van der Waals surface area contributed by atoms with Gasteiger partial charge in [0.1, 0.15) is 15.3 Å². The van der Waals surface area contributed by atoms with E-state index in [2.05, 4.69) is 24.1 Å². The third-order valence-corrected chi connectivity index (χ3v) is 5.97. The van der Waals surface area contributed by atoms with E-state index in [1.165, 1.54) is 6.26 Å². The average Bonchev–Trinajstić information content (AvgIpc) is 3.13. The fourth-order valence-electron chi connectivity index (χ4n) is 3.24. The van der Waals surface area contributed by atoms with Crippen LogP contribution in [0.3, 0.4) is 0 Å².